The molecule has 0 fully saturated rings. The largest absolute Gasteiger partial charge is 0.392 e. The molecule has 19 heavy (non-hydrogen) atoms. The lowest BCUT2D eigenvalue weighted by atomic mass is 10.1. The Morgan fingerprint density at radius 2 is 1.84 bits per heavy atom. The molecule has 5 nitrogen and oxygen atoms in total. The van der Waals surface area contributed by atoms with Crippen molar-refractivity contribution in [3.63, 3.8) is 0 Å². The van der Waals surface area contributed by atoms with Crippen molar-refractivity contribution >= 4 is 11.4 Å². The maximum absolute atomic E-state index is 10.9. The topological polar surface area (TPSA) is 75.4 Å². The van der Waals surface area contributed by atoms with Crippen LogP contribution in [-0.2, 0) is 13.2 Å². The molecule has 0 aliphatic heterocycles. The molecule has 0 amide bonds. The zero-order valence-corrected chi connectivity index (χ0v) is 10.2. The van der Waals surface area contributed by atoms with Crippen LogP contribution in [0.2, 0.25) is 0 Å². The number of nitro groups is 1. The van der Waals surface area contributed by atoms with E-state index in [1.165, 1.54) is 6.07 Å². The molecule has 0 aliphatic carbocycles. The van der Waals surface area contributed by atoms with E-state index in [2.05, 4.69) is 5.32 Å². The number of rotatable bonds is 5. The van der Waals surface area contributed by atoms with Crippen molar-refractivity contribution in [2.45, 2.75) is 13.2 Å². The van der Waals surface area contributed by atoms with Crippen LogP contribution in [0, 0.1) is 10.1 Å². The number of anilines is 1. The fourth-order valence-corrected chi connectivity index (χ4v) is 1.82. The van der Waals surface area contributed by atoms with Gasteiger partial charge in [0.15, 0.2) is 0 Å². The van der Waals surface area contributed by atoms with E-state index in [0.717, 1.165) is 11.1 Å². The van der Waals surface area contributed by atoms with Crippen molar-refractivity contribution in [1.29, 1.82) is 0 Å². The molecule has 0 radical (unpaired) electrons. The highest BCUT2D eigenvalue weighted by Crippen LogP contribution is 2.23. The quantitative estimate of drug-likeness (QED) is 0.638. The lowest BCUT2D eigenvalue weighted by molar-refractivity contribution is -0.384. The highest BCUT2D eigenvalue weighted by Gasteiger charge is 2.11. The first-order valence-electron chi connectivity index (χ1n) is 5.86. The molecular formula is C14H14N2O3. The number of nitro benzene ring substituents is 1. The van der Waals surface area contributed by atoms with Crippen molar-refractivity contribution < 1.29 is 10.0 Å². The van der Waals surface area contributed by atoms with E-state index in [1.54, 1.807) is 18.2 Å². The molecule has 0 saturated carbocycles. The lowest BCUT2D eigenvalue weighted by Gasteiger charge is -2.08. The van der Waals surface area contributed by atoms with E-state index in [-0.39, 0.29) is 12.3 Å². The fourth-order valence-electron chi connectivity index (χ4n) is 1.82. The predicted octanol–water partition coefficient (Wildman–Crippen LogP) is 2.70. The van der Waals surface area contributed by atoms with E-state index < -0.39 is 4.92 Å². The van der Waals surface area contributed by atoms with Gasteiger partial charge in [0.1, 0.15) is 5.69 Å². The molecule has 0 unspecified atom stereocenters. The van der Waals surface area contributed by atoms with Crippen LogP contribution in [0.3, 0.4) is 0 Å². The summed E-state index contributed by atoms with van der Waals surface area (Å²) in [6.07, 6.45) is 0. The van der Waals surface area contributed by atoms with Gasteiger partial charge < -0.3 is 10.4 Å². The molecule has 5 heteroatoms. The number of aliphatic hydroxyl groups excluding tert-OH is 1. The van der Waals surface area contributed by atoms with Gasteiger partial charge in [-0.15, -0.1) is 0 Å². The van der Waals surface area contributed by atoms with Gasteiger partial charge in [-0.3, -0.25) is 10.1 Å². The monoisotopic (exact) mass is 258 g/mol. The standard InChI is InChI=1S/C14H14N2O3/c17-10-12-5-3-4-11(8-12)9-15-13-6-1-2-7-14(13)16(18)19/h1-8,15,17H,9-10H2. The highest BCUT2D eigenvalue weighted by molar-refractivity contribution is 5.61. The van der Waals surface area contributed by atoms with E-state index in [1.807, 2.05) is 24.3 Å². The van der Waals surface area contributed by atoms with Gasteiger partial charge in [-0.2, -0.15) is 0 Å². The van der Waals surface area contributed by atoms with Crippen molar-refractivity contribution in [2.75, 3.05) is 5.32 Å². The van der Waals surface area contributed by atoms with Gasteiger partial charge in [0.2, 0.25) is 0 Å². The SMILES string of the molecule is O=[N+]([O-])c1ccccc1NCc1cccc(CO)c1. The van der Waals surface area contributed by atoms with Crippen LogP contribution in [0.25, 0.3) is 0 Å². The zero-order valence-electron chi connectivity index (χ0n) is 10.2. The first-order valence-corrected chi connectivity index (χ1v) is 5.86. The summed E-state index contributed by atoms with van der Waals surface area (Å²) in [7, 11) is 0. The maximum atomic E-state index is 10.9. The minimum absolute atomic E-state index is 0.0146. The molecule has 2 N–H and O–H groups in total. The molecular weight excluding hydrogens is 244 g/mol. The Labute approximate surface area is 110 Å². The number of hydrogen-bond donors (Lipinski definition) is 2. The summed E-state index contributed by atoms with van der Waals surface area (Å²) < 4.78 is 0. The molecule has 2 aromatic rings. The number of hydrogen-bond acceptors (Lipinski definition) is 4. The van der Waals surface area contributed by atoms with E-state index in [4.69, 9.17) is 5.11 Å². The third-order valence-corrected chi connectivity index (χ3v) is 2.76. The molecule has 0 bridgehead atoms. The summed E-state index contributed by atoms with van der Waals surface area (Å²) in [6, 6.07) is 14.0. The third kappa shape index (κ3) is 3.29. The van der Waals surface area contributed by atoms with Crippen LogP contribution in [-0.4, -0.2) is 10.0 Å². The minimum Gasteiger partial charge on any atom is -0.392 e. The third-order valence-electron chi connectivity index (χ3n) is 2.76. The second kappa shape index (κ2) is 5.97. The molecule has 2 aromatic carbocycles. The Hall–Kier alpha value is -2.40. The molecule has 2 rings (SSSR count). The van der Waals surface area contributed by atoms with Crippen LogP contribution in [0.4, 0.5) is 11.4 Å². The Morgan fingerprint density at radius 3 is 2.58 bits per heavy atom. The van der Waals surface area contributed by atoms with Gasteiger partial charge in [0.05, 0.1) is 11.5 Å². The van der Waals surface area contributed by atoms with Crippen LogP contribution >= 0.6 is 0 Å². The van der Waals surface area contributed by atoms with Crippen molar-refractivity contribution in [1.82, 2.24) is 0 Å². The van der Waals surface area contributed by atoms with Gasteiger partial charge in [-0.25, -0.2) is 0 Å². The summed E-state index contributed by atoms with van der Waals surface area (Å²) in [5.41, 5.74) is 2.33. The number of aliphatic hydroxyl groups is 1. The fraction of sp³-hybridized carbons (Fsp3) is 0.143. The van der Waals surface area contributed by atoms with Gasteiger partial charge in [0.25, 0.3) is 5.69 Å². The van der Waals surface area contributed by atoms with Crippen molar-refractivity contribution in [3.05, 3.63) is 69.8 Å². The molecule has 0 aliphatic rings. The first kappa shape index (κ1) is 13.0. The van der Waals surface area contributed by atoms with Crippen LogP contribution in [0.15, 0.2) is 48.5 Å². The van der Waals surface area contributed by atoms with Gasteiger partial charge in [0, 0.05) is 12.6 Å². The number of benzene rings is 2. The summed E-state index contributed by atoms with van der Waals surface area (Å²) in [6.45, 7) is 0.456. The zero-order chi connectivity index (χ0) is 13.7. The summed E-state index contributed by atoms with van der Waals surface area (Å²) in [5.74, 6) is 0. The highest BCUT2D eigenvalue weighted by atomic mass is 16.6. The smallest absolute Gasteiger partial charge is 0.292 e. The molecule has 0 aromatic heterocycles. The first-order chi connectivity index (χ1) is 9.20. The average Bonchev–Trinajstić information content (AvgIpc) is 2.45. The summed E-state index contributed by atoms with van der Waals surface area (Å²) >= 11 is 0. The van der Waals surface area contributed by atoms with Gasteiger partial charge in [-0.05, 0) is 17.2 Å². The summed E-state index contributed by atoms with van der Waals surface area (Å²) in [4.78, 5) is 10.5. The van der Waals surface area contributed by atoms with Crippen LogP contribution in [0.1, 0.15) is 11.1 Å². The minimum atomic E-state index is -0.410. The normalized spacial score (nSPS) is 10.2. The Kier molecular flexibility index (Phi) is 4.10. The average molecular weight is 258 g/mol. The van der Waals surface area contributed by atoms with Gasteiger partial charge in [-0.1, -0.05) is 36.4 Å². The van der Waals surface area contributed by atoms with Crippen molar-refractivity contribution in [3.8, 4) is 0 Å². The number of nitrogens with zero attached hydrogens (tertiary/aromatic N) is 1. The van der Waals surface area contributed by atoms with E-state index in [9.17, 15) is 10.1 Å². The lowest BCUT2D eigenvalue weighted by Crippen LogP contribution is -2.02. The maximum Gasteiger partial charge on any atom is 0.292 e. The Balaban J connectivity index is 2.12. The molecule has 98 valence electrons. The van der Waals surface area contributed by atoms with Gasteiger partial charge >= 0.3 is 0 Å². The predicted molar refractivity (Wildman–Crippen MR) is 72.8 cm³/mol. The van der Waals surface area contributed by atoms with Crippen LogP contribution < -0.4 is 5.32 Å². The number of nitrogens with one attached hydrogen (secondary N) is 1. The van der Waals surface area contributed by atoms with E-state index in [0.29, 0.717) is 12.2 Å². The Bertz CT molecular complexity index is 584. The molecule has 0 spiro atoms. The molecule has 0 saturated heterocycles. The number of para-hydroxylation sites is 2. The van der Waals surface area contributed by atoms with E-state index >= 15 is 0 Å². The molecule has 0 heterocycles. The second-order valence-corrected chi connectivity index (χ2v) is 4.11. The molecule has 0 atom stereocenters. The summed E-state index contributed by atoms with van der Waals surface area (Å²) in [5, 5.41) is 23.0. The second-order valence-electron chi connectivity index (χ2n) is 4.11. The Morgan fingerprint density at radius 1 is 1.11 bits per heavy atom. The van der Waals surface area contributed by atoms with Crippen LogP contribution in [0.5, 0.6) is 0 Å². The van der Waals surface area contributed by atoms with Crippen molar-refractivity contribution in [2.24, 2.45) is 0 Å².